The number of urea groups is 1. The Morgan fingerprint density at radius 1 is 1.27 bits per heavy atom. The highest BCUT2D eigenvalue weighted by molar-refractivity contribution is 7.14. The summed E-state index contributed by atoms with van der Waals surface area (Å²) in [6.45, 7) is 2.60. The molecule has 1 saturated heterocycles. The number of aromatic hydroxyl groups is 1. The molecule has 2 aromatic rings. The van der Waals surface area contributed by atoms with Gasteiger partial charge in [-0.1, -0.05) is 29.3 Å². The molecule has 3 rings (SSSR count). The molecule has 0 saturated carbocycles. The molecule has 7 nitrogen and oxygen atoms in total. The highest BCUT2D eigenvalue weighted by Crippen LogP contribution is 2.40. The number of benzene rings is 1. The van der Waals surface area contributed by atoms with E-state index in [9.17, 15) is 14.7 Å². The van der Waals surface area contributed by atoms with Gasteiger partial charge in [0.1, 0.15) is 5.75 Å². The molecular formula is C20H21Cl2N3O4S. The molecule has 1 fully saturated rings. The van der Waals surface area contributed by atoms with E-state index in [2.05, 4.69) is 10.5 Å². The van der Waals surface area contributed by atoms with Crippen molar-refractivity contribution in [3.05, 3.63) is 39.2 Å². The van der Waals surface area contributed by atoms with Gasteiger partial charge in [-0.2, -0.15) is 5.10 Å². The Hall–Kier alpha value is -2.29. The third kappa shape index (κ3) is 4.88. The second-order valence-electron chi connectivity index (χ2n) is 6.85. The second-order valence-corrected chi connectivity index (χ2v) is 8.55. The van der Waals surface area contributed by atoms with Crippen LogP contribution in [0.3, 0.4) is 0 Å². The zero-order valence-corrected chi connectivity index (χ0v) is 18.8. The van der Waals surface area contributed by atoms with E-state index in [1.54, 1.807) is 35.4 Å². The highest BCUT2D eigenvalue weighted by Gasteiger charge is 2.27. The number of likely N-dealkylation sites (tertiary alicyclic amines) is 1. The van der Waals surface area contributed by atoms with Crippen molar-refractivity contribution in [2.24, 2.45) is 11.0 Å². The minimum Gasteiger partial charge on any atom is -0.506 e. The van der Waals surface area contributed by atoms with Crippen LogP contribution in [-0.4, -0.2) is 47.9 Å². The fourth-order valence-corrected chi connectivity index (χ4v) is 4.50. The van der Waals surface area contributed by atoms with Crippen LogP contribution in [0.1, 0.15) is 25.3 Å². The predicted molar refractivity (Wildman–Crippen MR) is 118 cm³/mol. The van der Waals surface area contributed by atoms with Gasteiger partial charge in [0.05, 0.1) is 39.2 Å². The van der Waals surface area contributed by atoms with Gasteiger partial charge in [0.15, 0.2) is 0 Å². The Labute approximate surface area is 188 Å². The van der Waals surface area contributed by atoms with Gasteiger partial charge in [0, 0.05) is 18.5 Å². The lowest BCUT2D eigenvalue weighted by Gasteiger charge is -2.30. The summed E-state index contributed by atoms with van der Waals surface area (Å²) in [5.41, 5.74) is 4.24. The first-order chi connectivity index (χ1) is 14.3. The maximum Gasteiger partial charge on any atom is 0.337 e. The molecular weight excluding hydrogens is 449 g/mol. The van der Waals surface area contributed by atoms with Crippen molar-refractivity contribution in [1.29, 1.82) is 0 Å². The first kappa shape index (κ1) is 22.4. The van der Waals surface area contributed by atoms with Crippen molar-refractivity contribution in [1.82, 2.24) is 10.3 Å². The van der Waals surface area contributed by atoms with Crippen molar-refractivity contribution in [2.75, 3.05) is 20.2 Å². The number of carbonyl (C=O) groups is 2. The predicted octanol–water partition coefficient (Wildman–Crippen LogP) is 4.75. The number of halogens is 2. The van der Waals surface area contributed by atoms with Crippen molar-refractivity contribution in [2.45, 2.75) is 19.8 Å². The molecule has 1 aliphatic heterocycles. The van der Waals surface area contributed by atoms with Crippen LogP contribution in [0, 0.1) is 5.92 Å². The smallest absolute Gasteiger partial charge is 0.337 e. The zero-order valence-electron chi connectivity index (χ0n) is 16.4. The van der Waals surface area contributed by atoms with Crippen LogP contribution in [0.5, 0.6) is 5.75 Å². The van der Waals surface area contributed by atoms with Crippen molar-refractivity contribution in [3.8, 4) is 16.2 Å². The van der Waals surface area contributed by atoms with E-state index in [1.165, 1.54) is 18.4 Å². The average Bonchev–Trinajstić information content (AvgIpc) is 3.14. The van der Waals surface area contributed by atoms with Crippen LogP contribution < -0.4 is 5.43 Å². The molecule has 0 unspecified atom stereocenters. The number of hydrogen-bond donors (Lipinski definition) is 2. The molecule has 2 N–H and O–H groups in total. The second kappa shape index (κ2) is 9.68. The molecule has 0 radical (unpaired) electrons. The molecule has 0 bridgehead atoms. The van der Waals surface area contributed by atoms with E-state index in [-0.39, 0.29) is 23.7 Å². The summed E-state index contributed by atoms with van der Waals surface area (Å²) in [6.07, 6.45) is 1.11. The fourth-order valence-electron chi connectivity index (χ4n) is 3.20. The van der Waals surface area contributed by atoms with Crippen LogP contribution in [0.15, 0.2) is 28.7 Å². The molecule has 1 aliphatic rings. The summed E-state index contributed by atoms with van der Waals surface area (Å²) in [7, 11) is 1.37. The first-order valence-corrected chi connectivity index (χ1v) is 10.9. The Kier molecular flexibility index (Phi) is 7.23. The minimum absolute atomic E-state index is 0.0628. The number of ether oxygens (including phenoxy) is 1. The van der Waals surface area contributed by atoms with Gasteiger partial charge in [-0.05, 0) is 37.5 Å². The lowest BCUT2D eigenvalue weighted by molar-refractivity contribution is -0.146. The Balaban J connectivity index is 1.65. The molecule has 0 aliphatic carbocycles. The maximum absolute atomic E-state index is 12.4. The van der Waals surface area contributed by atoms with E-state index >= 15 is 0 Å². The van der Waals surface area contributed by atoms with E-state index in [0.29, 0.717) is 52.1 Å². The quantitative estimate of drug-likeness (QED) is 0.384. The van der Waals surface area contributed by atoms with Crippen LogP contribution in [-0.2, 0) is 9.53 Å². The fraction of sp³-hybridized carbons (Fsp3) is 0.350. The number of piperidine rings is 1. The molecule has 0 atom stereocenters. The van der Waals surface area contributed by atoms with Gasteiger partial charge in [-0.25, -0.2) is 10.2 Å². The van der Waals surface area contributed by atoms with E-state index in [0.717, 1.165) is 5.56 Å². The molecule has 0 spiro atoms. The van der Waals surface area contributed by atoms with Crippen molar-refractivity contribution < 1.29 is 19.4 Å². The Morgan fingerprint density at radius 3 is 2.60 bits per heavy atom. The molecule has 2 amide bonds. The summed E-state index contributed by atoms with van der Waals surface area (Å²) in [5, 5.41) is 17.3. The van der Waals surface area contributed by atoms with Gasteiger partial charge in [-0.15, -0.1) is 11.3 Å². The molecule has 1 aromatic carbocycles. The lowest BCUT2D eigenvalue weighted by atomic mass is 9.97. The minimum atomic E-state index is -0.350. The number of carbonyl (C=O) groups excluding carboxylic acids is 2. The number of rotatable bonds is 4. The lowest BCUT2D eigenvalue weighted by Crippen LogP contribution is -2.44. The van der Waals surface area contributed by atoms with E-state index in [1.807, 2.05) is 0 Å². The Bertz CT molecular complexity index is 984. The molecule has 160 valence electrons. The van der Waals surface area contributed by atoms with E-state index < -0.39 is 0 Å². The van der Waals surface area contributed by atoms with Gasteiger partial charge < -0.3 is 14.7 Å². The van der Waals surface area contributed by atoms with Gasteiger partial charge >= 0.3 is 12.0 Å². The summed E-state index contributed by atoms with van der Waals surface area (Å²) in [4.78, 5) is 26.2. The first-order valence-electron chi connectivity index (χ1n) is 9.25. The monoisotopic (exact) mass is 469 g/mol. The number of hydrazone groups is 1. The summed E-state index contributed by atoms with van der Waals surface area (Å²) < 4.78 is 4.75. The van der Waals surface area contributed by atoms with Gasteiger partial charge in [-0.3, -0.25) is 4.79 Å². The molecule has 1 aromatic heterocycles. The number of esters is 1. The van der Waals surface area contributed by atoms with Gasteiger partial charge in [0.25, 0.3) is 0 Å². The summed E-state index contributed by atoms with van der Waals surface area (Å²) >= 11 is 13.4. The van der Waals surface area contributed by atoms with Crippen LogP contribution in [0.4, 0.5) is 4.79 Å². The third-order valence-corrected chi connectivity index (χ3v) is 6.73. The number of methoxy groups -OCH3 is 1. The van der Waals surface area contributed by atoms with E-state index in [4.69, 9.17) is 27.9 Å². The molecule has 10 heteroatoms. The normalized spacial score (nSPS) is 15.2. The number of hydrogen-bond acceptors (Lipinski definition) is 6. The van der Waals surface area contributed by atoms with Crippen LogP contribution in [0.2, 0.25) is 10.0 Å². The molecule has 30 heavy (non-hydrogen) atoms. The van der Waals surface area contributed by atoms with Crippen LogP contribution >= 0.6 is 34.5 Å². The highest BCUT2D eigenvalue weighted by atomic mass is 35.5. The number of amides is 2. The number of nitrogens with zero attached hydrogens (tertiary/aromatic N) is 2. The molecule has 2 heterocycles. The summed E-state index contributed by atoms with van der Waals surface area (Å²) in [5.74, 6) is -0.353. The number of thiophene rings is 1. The third-order valence-electron chi connectivity index (χ3n) is 4.97. The number of nitrogens with one attached hydrogen (secondary N) is 1. The largest absolute Gasteiger partial charge is 0.506 e. The topological polar surface area (TPSA) is 91.2 Å². The average molecular weight is 470 g/mol. The zero-order chi connectivity index (χ0) is 21.8. The SMILES string of the molecule is COC(=O)C1CCN(C(=O)N/N=C(/C)c2csc(-c3ccc(Cl)c(Cl)c3)c2O)CC1. The van der Waals surface area contributed by atoms with Crippen LogP contribution in [0.25, 0.3) is 10.4 Å². The van der Waals surface area contributed by atoms with Crippen molar-refractivity contribution >= 4 is 52.3 Å². The van der Waals surface area contributed by atoms with Gasteiger partial charge in [0.2, 0.25) is 0 Å². The maximum atomic E-state index is 12.4. The standard InChI is InChI=1S/C20H21Cl2N3O4S/c1-11(23-24-20(28)25-7-5-12(6-8-25)19(27)29-2)14-10-30-18(17(14)26)13-3-4-15(21)16(22)9-13/h3-4,9-10,12,26H,5-8H2,1-2H3,(H,24,28)/b23-11-. The van der Waals surface area contributed by atoms with Crippen molar-refractivity contribution in [3.63, 3.8) is 0 Å². The Morgan fingerprint density at radius 2 is 1.97 bits per heavy atom. The summed E-state index contributed by atoms with van der Waals surface area (Å²) in [6, 6.07) is 4.78.